The Bertz CT molecular complexity index is 529. The van der Waals surface area contributed by atoms with Gasteiger partial charge in [-0.1, -0.05) is 6.07 Å². The molecule has 0 atom stereocenters. The molecule has 2 aromatic heterocycles. The predicted molar refractivity (Wildman–Crippen MR) is 65.6 cm³/mol. The summed E-state index contributed by atoms with van der Waals surface area (Å²) in [6.07, 6.45) is 3.58. The summed E-state index contributed by atoms with van der Waals surface area (Å²) in [4.78, 5) is 11.4. The van der Waals surface area contributed by atoms with Crippen molar-refractivity contribution >= 4 is 0 Å². The fourth-order valence-electron chi connectivity index (χ4n) is 1.64. The molecule has 0 fully saturated rings. The van der Waals surface area contributed by atoms with Gasteiger partial charge in [0.15, 0.2) is 0 Å². The van der Waals surface area contributed by atoms with Crippen molar-refractivity contribution in [3.05, 3.63) is 52.7 Å². The van der Waals surface area contributed by atoms with Crippen LogP contribution in [0, 0.1) is 0 Å². The number of pyridine rings is 1. The van der Waals surface area contributed by atoms with Gasteiger partial charge in [0.05, 0.1) is 5.69 Å². The normalized spacial score (nSPS) is 10.6. The Kier molecular flexibility index (Phi) is 3.72. The minimum absolute atomic E-state index is 0.0369. The maximum atomic E-state index is 11.4. The Morgan fingerprint density at radius 3 is 2.94 bits per heavy atom. The summed E-state index contributed by atoms with van der Waals surface area (Å²) >= 11 is 0. The highest BCUT2D eigenvalue weighted by Gasteiger charge is 1.97. The van der Waals surface area contributed by atoms with Crippen molar-refractivity contribution in [2.45, 2.75) is 13.1 Å². The summed E-state index contributed by atoms with van der Waals surface area (Å²) in [7, 11) is 1.92. The molecule has 0 unspecified atom stereocenters. The topological polar surface area (TPSA) is 51.9 Å². The van der Waals surface area contributed by atoms with E-state index in [2.05, 4.69) is 10.4 Å². The standard InChI is InChI=1S/C12H16N4O/c1-15-11(5-6-14-15)10-13-7-9-16-8-3-2-4-12(16)17/h2-6,8,13H,7,9-10H2,1H3. The van der Waals surface area contributed by atoms with Crippen LogP contribution in [-0.4, -0.2) is 20.9 Å². The average molecular weight is 232 g/mol. The van der Waals surface area contributed by atoms with Gasteiger partial charge in [-0.15, -0.1) is 0 Å². The molecule has 0 amide bonds. The third-order valence-corrected chi connectivity index (χ3v) is 2.66. The van der Waals surface area contributed by atoms with Gasteiger partial charge >= 0.3 is 0 Å². The molecule has 2 heterocycles. The Labute approximate surface area is 99.7 Å². The molecule has 0 spiro atoms. The monoisotopic (exact) mass is 232 g/mol. The fourth-order valence-corrected chi connectivity index (χ4v) is 1.64. The van der Waals surface area contributed by atoms with E-state index < -0.39 is 0 Å². The Hall–Kier alpha value is -1.88. The molecule has 2 aromatic rings. The third-order valence-electron chi connectivity index (χ3n) is 2.66. The summed E-state index contributed by atoms with van der Waals surface area (Å²) in [5, 5.41) is 7.37. The summed E-state index contributed by atoms with van der Waals surface area (Å²) in [6, 6.07) is 7.16. The lowest BCUT2D eigenvalue weighted by Crippen LogP contribution is -2.26. The van der Waals surface area contributed by atoms with E-state index >= 15 is 0 Å². The fraction of sp³-hybridized carbons (Fsp3) is 0.333. The van der Waals surface area contributed by atoms with Crippen molar-refractivity contribution < 1.29 is 0 Å². The molecule has 5 nitrogen and oxygen atoms in total. The molecule has 0 bridgehead atoms. The molecule has 2 rings (SSSR count). The Balaban J connectivity index is 1.79. The first-order valence-corrected chi connectivity index (χ1v) is 5.60. The third kappa shape index (κ3) is 3.04. The molecule has 1 N–H and O–H groups in total. The second-order valence-corrected chi connectivity index (χ2v) is 3.86. The van der Waals surface area contributed by atoms with Gasteiger partial charge in [-0.05, 0) is 12.1 Å². The van der Waals surface area contributed by atoms with Crippen LogP contribution >= 0.6 is 0 Å². The molecular formula is C12H16N4O. The van der Waals surface area contributed by atoms with Crippen LogP contribution in [0.1, 0.15) is 5.69 Å². The van der Waals surface area contributed by atoms with E-state index in [9.17, 15) is 4.79 Å². The lowest BCUT2D eigenvalue weighted by molar-refractivity contribution is 0.565. The zero-order valence-corrected chi connectivity index (χ0v) is 9.84. The lowest BCUT2D eigenvalue weighted by atomic mass is 10.4. The summed E-state index contributed by atoms with van der Waals surface area (Å²) < 4.78 is 3.53. The van der Waals surface area contributed by atoms with Gasteiger partial charge in [-0.25, -0.2) is 0 Å². The van der Waals surface area contributed by atoms with Crippen LogP contribution in [0.5, 0.6) is 0 Å². The van der Waals surface area contributed by atoms with Gasteiger partial charge in [0.1, 0.15) is 0 Å². The second kappa shape index (κ2) is 5.45. The molecule has 17 heavy (non-hydrogen) atoms. The minimum Gasteiger partial charge on any atom is -0.314 e. The van der Waals surface area contributed by atoms with Gasteiger partial charge in [0, 0.05) is 45.1 Å². The first kappa shape index (κ1) is 11.6. The van der Waals surface area contributed by atoms with Gasteiger partial charge in [-0.2, -0.15) is 5.10 Å². The molecule has 0 saturated carbocycles. The molecule has 0 aromatic carbocycles. The van der Waals surface area contributed by atoms with E-state index in [0.717, 1.165) is 18.8 Å². The van der Waals surface area contributed by atoms with Crippen LogP contribution in [0.25, 0.3) is 0 Å². The molecule has 0 radical (unpaired) electrons. The number of aryl methyl sites for hydroxylation is 1. The van der Waals surface area contributed by atoms with Crippen LogP contribution in [0.3, 0.4) is 0 Å². The molecule has 0 saturated heterocycles. The number of nitrogens with one attached hydrogen (secondary N) is 1. The number of hydrogen-bond donors (Lipinski definition) is 1. The SMILES string of the molecule is Cn1nccc1CNCCn1ccccc1=O. The summed E-state index contributed by atoms with van der Waals surface area (Å²) in [5.74, 6) is 0. The van der Waals surface area contributed by atoms with Crippen molar-refractivity contribution in [3.8, 4) is 0 Å². The number of nitrogens with zero attached hydrogens (tertiary/aromatic N) is 3. The van der Waals surface area contributed by atoms with E-state index in [1.165, 1.54) is 0 Å². The molecule has 0 aliphatic heterocycles. The van der Waals surface area contributed by atoms with E-state index in [1.54, 1.807) is 29.1 Å². The smallest absolute Gasteiger partial charge is 0.250 e. The number of aromatic nitrogens is 3. The summed E-state index contributed by atoms with van der Waals surface area (Å²) in [5.41, 5.74) is 1.17. The van der Waals surface area contributed by atoms with E-state index in [0.29, 0.717) is 6.54 Å². The molecule has 5 heteroatoms. The van der Waals surface area contributed by atoms with Crippen molar-refractivity contribution in [1.29, 1.82) is 0 Å². The molecule has 90 valence electrons. The Morgan fingerprint density at radius 1 is 1.35 bits per heavy atom. The van der Waals surface area contributed by atoms with Gasteiger partial charge in [-0.3, -0.25) is 9.48 Å². The van der Waals surface area contributed by atoms with E-state index in [1.807, 2.05) is 23.9 Å². The molecule has 0 aliphatic rings. The van der Waals surface area contributed by atoms with Gasteiger partial charge in [0.2, 0.25) is 0 Å². The van der Waals surface area contributed by atoms with Crippen LogP contribution in [-0.2, 0) is 20.1 Å². The van der Waals surface area contributed by atoms with Crippen molar-refractivity contribution in [2.24, 2.45) is 7.05 Å². The first-order valence-electron chi connectivity index (χ1n) is 5.60. The first-order chi connectivity index (χ1) is 8.27. The van der Waals surface area contributed by atoms with Crippen molar-refractivity contribution in [3.63, 3.8) is 0 Å². The largest absolute Gasteiger partial charge is 0.314 e. The predicted octanol–water partition coefficient (Wildman–Crippen LogP) is 0.372. The lowest BCUT2D eigenvalue weighted by Gasteiger charge is -2.07. The average Bonchev–Trinajstić information content (AvgIpc) is 2.73. The van der Waals surface area contributed by atoms with Crippen LogP contribution in [0.15, 0.2) is 41.5 Å². The van der Waals surface area contributed by atoms with Crippen molar-refractivity contribution in [1.82, 2.24) is 19.7 Å². The highest BCUT2D eigenvalue weighted by molar-refractivity contribution is 4.99. The minimum atomic E-state index is 0.0369. The maximum absolute atomic E-state index is 11.4. The summed E-state index contributed by atoms with van der Waals surface area (Å²) in [6.45, 7) is 2.20. The zero-order valence-electron chi connectivity index (χ0n) is 9.84. The maximum Gasteiger partial charge on any atom is 0.250 e. The van der Waals surface area contributed by atoms with Crippen molar-refractivity contribution in [2.75, 3.05) is 6.54 Å². The highest BCUT2D eigenvalue weighted by Crippen LogP contribution is 1.94. The highest BCUT2D eigenvalue weighted by atomic mass is 16.1. The number of hydrogen-bond acceptors (Lipinski definition) is 3. The molecule has 0 aliphatic carbocycles. The van der Waals surface area contributed by atoms with Crippen LogP contribution in [0.4, 0.5) is 0 Å². The Morgan fingerprint density at radius 2 is 2.24 bits per heavy atom. The number of rotatable bonds is 5. The second-order valence-electron chi connectivity index (χ2n) is 3.86. The quantitative estimate of drug-likeness (QED) is 0.758. The van der Waals surface area contributed by atoms with E-state index in [-0.39, 0.29) is 5.56 Å². The van der Waals surface area contributed by atoms with Crippen LogP contribution in [0.2, 0.25) is 0 Å². The van der Waals surface area contributed by atoms with Gasteiger partial charge < -0.3 is 9.88 Å². The van der Waals surface area contributed by atoms with E-state index in [4.69, 9.17) is 0 Å². The van der Waals surface area contributed by atoms with Gasteiger partial charge in [0.25, 0.3) is 5.56 Å². The zero-order chi connectivity index (χ0) is 12.1. The molecular weight excluding hydrogens is 216 g/mol. The van der Waals surface area contributed by atoms with Crippen LogP contribution < -0.4 is 10.9 Å².